The van der Waals surface area contributed by atoms with E-state index in [2.05, 4.69) is 21.9 Å². The number of cyclic esters (lactones) is 1. The van der Waals surface area contributed by atoms with Gasteiger partial charge in [-0.1, -0.05) is 24.8 Å². The molecule has 3 heterocycles. The summed E-state index contributed by atoms with van der Waals surface area (Å²) >= 11 is 0. The van der Waals surface area contributed by atoms with E-state index in [9.17, 15) is 9.59 Å². The van der Waals surface area contributed by atoms with Gasteiger partial charge in [0.15, 0.2) is 0 Å². The van der Waals surface area contributed by atoms with Crippen molar-refractivity contribution in [1.82, 2.24) is 14.9 Å². The van der Waals surface area contributed by atoms with Gasteiger partial charge in [0.25, 0.3) is 0 Å². The van der Waals surface area contributed by atoms with Gasteiger partial charge in [0.1, 0.15) is 24.8 Å². The normalized spacial score (nSPS) is 15.9. The standard InChI is InChI=1S/C24H27N5O4/c1-4-21(30)28-11-10-17(13-28)14-32-20-8-6-18(7-9-20)16(3)26-23-25-12-19-15-33-24(31)29(5-2)22(19)27-23/h4,6-10,12,16H,1,5,11,13-15H2,2-3H3,(H,25,26,27). The highest BCUT2D eigenvalue weighted by Gasteiger charge is 2.26. The molecular weight excluding hydrogens is 422 g/mol. The van der Waals surface area contributed by atoms with Crippen molar-refractivity contribution in [2.75, 3.05) is 36.5 Å². The number of rotatable bonds is 8. The highest BCUT2D eigenvalue weighted by atomic mass is 16.6. The van der Waals surface area contributed by atoms with Crippen LogP contribution in [-0.2, 0) is 16.1 Å². The molecule has 2 aliphatic heterocycles. The lowest BCUT2D eigenvalue weighted by atomic mass is 10.1. The molecule has 0 bridgehead atoms. The number of ether oxygens (including phenoxy) is 2. The zero-order chi connectivity index (χ0) is 23.4. The first kappa shape index (κ1) is 22.3. The molecule has 2 aliphatic rings. The predicted octanol–water partition coefficient (Wildman–Crippen LogP) is 3.46. The summed E-state index contributed by atoms with van der Waals surface area (Å²) in [6.07, 6.45) is 4.63. The Hall–Kier alpha value is -3.88. The third-order valence-electron chi connectivity index (χ3n) is 5.62. The molecule has 9 heteroatoms. The first-order valence-electron chi connectivity index (χ1n) is 10.9. The van der Waals surface area contributed by atoms with Crippen LogP contribution in [0.3, 0.4) is 0 Å². The minimum absolute atomic E-state index is 0.0567. The molecule has 1 N–H and O–H groups in total. The topological polar surface area (TPSA) is 96.9 Å². The molecule has 0 fully saturated rings. The van der Waals surface area contributed by atoms with Crippen LogP contribution in [0.5, 0.6) is 5.75 Å². The van der Waals surface area contributed by atoms with Gasteiger partial charge in [0.05, 0.1) is 11.6 Å². The van der Waals surface area contributed by atoms with Gasteiger partial charge in [-0.3, -0.25) is 9.69 Å². The van der Waals surface area contributed by atoms with Gasteiger partial charge in [0.2, 0.25) is 11.9 Å². The lowest BCUT2D eigenvalue weighted by Crippen LogP contribution is -2.36. The summed E-state index contributed by atoms with van der Waals surface area (Å²) in [5, 5.41) is 3.29. The lowest BCUT2D eigenvalue weighted by molar-refractivity contribution is -0.124. The Bertz CT molecular complexity index is 1080. The number of carbonyl (C=O) groups excluding carboxylic acids is 2. The minimum atomic E-state index is -0.397. The van der Waals surface area contributed by atoms with E-state index in [0.29, 0.717) is 38.0 Å². The molecule has 1 atom stereocenters. The number of nitrogens with one attached hydrogen (secondary N) is 1. The average Bonchev–Trinajstić information content (AvgIpc) is 3.31. The molecule has 2 aromatic rings. The number of amides is 2. The van der Waals surface area contributed by atoms with E-state index >= 15 is 0 Å². The minimum Gasteiger partial charge on any atom is -0.489 e. The molecule has 0 saturated heterocycles. The van der Waals surface area contributed by atoms with Crippen molar-refractivity contribution in [3.05, 3.63) is 65.9 Å². The Kier molecular flexibility index (Phi) is 6.58. The summed E-state index contributed by atoms with van der Waals surface area (Å²) in [5.74, 6) is 1.71. The predicted molar refractivity (Wildman–Crippen MR) is 124 cm³/mol. The van der Waals surface area contributed by atoms with Crippen LogP contribution in [0.25, 0.3) is 0 Å². The number of hydrogen-bond donors (Lipinski definition) is 1. The maximum atomic E-state index is 12.0. The molecule has 1 aromatic carbocycles. The van der Waals surface area contributed by atoms with Crippen molar-refractivity contribution in [1.29, 1.82) is 0 Å². The van der Waals surface area contributed by atoms with Gasteiger partial charge in [-0.05, 0) is 43.2 Å². The quantitative estimate of drug-likeness (QED) is 0.487. The number of benzene rings is 1. The SMILES string of the molecule is C=CC(=O)N1CC=C(COc2ccc(C(C)Nc3ncc4c(n3)N(CC)C(=O)OC4)cc2)C1. The van der Waals surface area contributed by atoms with Crippen molar-refractivity contribution in [2.24, 2.45) is 0 Å². The molecule has 0 radical (unpaired) electrons. The van der Waals surface area contributed by atoms with Crippen molar-refractivity contribution >= 4 is 23.8 Å². The number of carbonyl (C=O) groups is 2. The van der Waals surface area contributed by atoms with Crippen molar-refractivity contribution in [3.8, 4) is 5.75 Å². The number of nitrogens with zero attached hydrogens (tertiary/aromatic N) is 4. The summed E-state index contributed by atoms with van der Waals surface area (Å²) in [4.78, 5) is 35.7. The second-order valence-electron chi connectivity index (χ2n) is 7.85. The maximum absolute atomic E-state index is 12.0. The lowest BCUT2D eigenvalue weighted by Gasteiger charge is -2.27. The zero-order valence-corrected chi connectivity index (χ0v) is 18.8. The van der Waals surface area contributed by atoms with Gasteiger partial charge in [-0.2, -0.15) is 4.98 Å². The van der Waals surface area contributed by atoms with E-state index in [1.165, 1.54) is 11.0 Å². The van der Waals surface area contributed by atoms with Gasteiger partial charge in [0, 0.05) is 25.8 Å². The largest absolute Gasteiger partial charge is 0.489 e. The summed E-state index contributed by atoms with van der Waals surface area (Å²) < 4.78 is 11.0. The van der Waals surface area contributed by atoms with Crippen LogP contribution in [0.1, 0.15) is 31.0 Å². The third-order valence-corrected chi connectivity index (χ3v) is 5.62. The number of aromatic nitrogens is 2. The van der Waals surface area contributed by atoms with Crippen LogP contribution in [0.15, 0.2) is 54.8 Å². The Morgan fingerprint density at radius 2 is 2.15 bits per heavy atom. The monoisotopic (exact) mass is 449 g/mol. The Balaban J connectivity index is 1.34. The number of hydrogen-bond acceptors (Lipinski definition) is 7. The van der Waals surface area contributed by atoms with Crippen LogP contribution in [0.2, 0.25) is 0 Å². The van der Waals surface area contributed by atoms with E-state index in [1.54, 1.807) is 11.1 Å². The average molecular weight is 450 g/mol. The van der Waals surface area contributed by atoms with E-state index < -0.39 is 6.09 Å². The number of fused-ring (bicyclic) bond motifs is 1. The molecule has 9 nitrogen and oxygen atoms in total. The Labute approximate surface area is 192 Å². The molecule has 33 heavy (non-hydrogen) atoms. The smallest absolute Gasteiger partial charge is 0.415 e. The van der Waals surface area contributed by atoms with E-state index in [0.717, 1.165) is 22.4 Å². The molecule has 172 valence electrons. The summed E-state index contributed by atoms with van der Waals surface area (Å²) in [6.45, 7) is 9.66. The molecule has 0 spiro atoms. The van der Waals surface area contributed by atoms with Gasteiger partial charge in [-0.25, -0.2) is 9.78 Å². The first-order chi connectivity index (χ1) is 16.0. The van der Waals surface area contributed by atoms with Crippen molar-refractivity contribution in [2.45, 2.75) is 26.5 Å². The highest BCUT2D eigenvalue weighted by molar-refractivity contribution is 5.89. The second-order valence-corrected chi connectivity index (χ2v) is 7.85. The molecular formula is C24H27N5O4. The van der Waals surface area contributed by atoms with Crippen LogP contribution >= 0.6 is 0 Å². The van der Waals surface area contributed by atoms with Gasteiger partial charge >= 0.3 is 6.09 Å². The number of anilines is 2. The first-order valence-corrected chi connectivity index (χ1v) is 10.9. The van der Waals surface area contributed by atoms with Crippen molar-refractivity contribution < 1.29 is 19.1 Å². The van der Waals surface area contributed by atoms with Crippen LogP contribution in [0.4, 0.5) is 16.6 Å². The second kappa shape index (κ2) is 9.72. The van der Waals surface area contributed by atoms with Crippen molar-refractivity contribution in [3.63, 3.8) is 0 Å². The molecule has 1 unspecified atom stereocenters. The molecule has 0 aliphatic carbocycles. The third kappa shape index (κ3) is 4.97. The summed E-state index contributed by atoms with van der Waals surface area (Å²) in [7, 11) is 0. The van der Waals surface area contributed by atoms with Crippen LogP contribution in [0, 0.1) is 0 Å². The Morgan fingerprint density at radius 3 is 2.88 bits per heavy atom. The molecule has 0 saturated carbocycles. The highest BCUT2D eigenvalue weighted by Crippen LogP contribution is 2.27. The van der Waals surface area contributed by atoms with Gasteiger partial charge in [-0.15, -0.1) is 0 Å². The maximum Gasteiger partial charge on any atom is 0.415 e. The summed E-state index contributed by atoms with van der Waals surface area (Å²) in [6, 6.07) is 7.74. The van der Waals surface area contributed by atoms with E-state index in [4.69, 9.17) is 9.47 Å². The molecule has 4 rings (SSSR count). The van der Waals surface area contributed by atoms with Gasteiger partial charge < -0.3 is 19.7 Å². The van der Waals surface area contributed by atoms with Crippen LogP contribution in [-0.4, -0.2) is 53.1 Å². The Morgan fingerprint density at radius 1 is 1.36 bits per heavy atom. The molecule has 1 aromatic heterocycles. The van der Waals surface area contributed by atoms with E-state index in [-0.39, 0.29) is 18.6 Å². The van der Waals surface area contributed by atoms with Crippen LogP contribution < -0.4 is 15.0 Å². The fraction of sp³-hybridized carbons (Fsp3) is 0.333. The fourth-order valence-corrected chi connectivity index (χ4v) is 3.71. The fourth-order valence-electron chi connectivity index (χ4n) is 3.71. The van der Waals surface area contributed by atoms with E-state index in [1.807, 2.05) is 44.2 Å². The summed E-state index contributed by atoms with van der Waals surface area (Å²) in [5.41, 5.74) is 2.89. The molecule has 2 amide bonds. The zero-order valence-electron chi connectivity index (χ0n) is 18.8.